The van der Waals surface area contributed by atoms with Crippen LogP contribution in [0.25, 0.3) is 0 Å². The standard InChI is InChI=1S/C8H10F4O/c9-7-2-1-6(8(10,11)12)3-5(7)4-13/h1,5,7,13H,2-4H2. The maximum atomic E-state index is 12.8. The molecule has 76 valence electrons. The molecule has 0 amide bonds. The third-order valence-electron chi connectivity index (χ3n) is 2.18. The fourth-order valence-electron chi connectivity index (χ4n) is 1.35. The number of aliphatic hydroxyl groups excluding tert-OH is 1. The molecule has 0 saturated heterocycles. The van der Waals surface area contributed by atoms with Crippen molar-refractivity contribution in [2.75, 3.05) is 6.61 Å². The van der Waals surface area contributed by atoms with Crippen molar-refractivity contribution >= 4 is 0 Å². The van der Waals surface area contributed by atoms with Crippen molar-refractivity contribution in [1.82, 2.24) is 0 Å². The number of halogens is 4. The van der Waals surface area contributed by atoms with E-state index in [9.17, 15) is 17.6 Å². The molecule has 0 heterocycles. The fourth-order valence-corrected chi connectivity index (χ4v) is 1.35. The number of hydrogen-bond acceptors (Lipinski definition) is 1. The topological polar surface area (TPSA) is 20.2 Å². The first-order valence-electron chi connectivity index (χ1n) is 3.96. The summed E-state index contributed by atoms with van der Waals surface area (Å²) >= 11 is 0. The minimum Gasteiger partial charge on any atom is -0.396 e. The summed E-state index contributed by atoms with van der Waals surface area (Å²) in [6.07, 6.45) is -5.53. The van der Waals surface area contributed by atoms with E-state index in [2.05, 4.69) is 0 Å². The Kier molecular flexibility index (Phi) is 2.95. The van der Waals surface area contributed by atoms with Crippen LogP contribution in [0.5, 0.6) is 0 Å². The predicted molar refractivity (Wildman–Crippen MR) is 38.8 cm³/mol. The Balaban J connectivity index is 2.71. The lowest BCUT2D eigenvalue weighted by molar-refractivity contribution is -0.0986. The molecule has 0 aromatic rings. The van der Waals surface area contributed by atoms with Crippen LogP contribution in [-0.4, -0.2) is 24.1 Å². The average Bonchev–Trinajstić information content (AvgIpc) is 2.03. The van der Waals surface area contributed by atoms with E-state index in [1.165, 1.54) is 0 Å². The summed E-state index contributed by atoms with van der Waals surface area (Å²) in [4.78, 5) is 0. The second-order valence-electron chi connectivity index (χ2n) is 3.13. The highest BCUT2D eigenvalue weighted by Gasteiger charge is 2.38. The van der Waals surface area contributed by atoms with E-state index in [4.69, 9.17) is 5.11 Å². The molecule has 0 fully saturated rings. The largest absolute Gasteiger partial charge is 0.412 e. The molecular formula is C8H10F4O. The summed E-state index contributed by atoms with van der Waals surface area (Å²) in [6, 6.07) is 0. The molecule has 0 aliphatic heterocycles. The van der Waals surface area contributed by atoms with Crippen LogP contribution in [0.3, 0.4) is 0 Å². The molecule has 1 aliphatic carbocycles. The van der Waals surface area contributed by atoms with Crippen molar-refractivity contribution in [3.63, 3.8) is 0 Å². The number of rotatable bonds is 1. The lowest BCUT2D eigenvalue weighted by atomic mass is 9.87. The SMILES string of the molecule is OCC1CC(C(F)(F)F)=CCC1F. The minimum absolute atomic E-state index is 0.250. The van der Waals surface area contributed by atoms with Gasteiger partial charge in [0.05, 0.1) is 0 Å². The zero-order valence-electron chi connectivity index (χ0n) is 6.81. The van der Waals surface area contributed by atoms with E-state index in [0.29, 0.717) is 0 Å². The highest BCUT2D eigenvalue weighted by Crippen LogP contribution is 2.36. The van der Waals surface area contributed by atoms with Gasteiger partial charge in [0, 0.05) is 18.1 Å². The van der Waals surface area contributed by atoms with Gasteiger partial charge in [-0.05, 0) is 12.8 Å². The Bertz CT molecular complexity index is 209. The van der Waals surface area contributed by atoms with Crippen molar-refractivity contribution in [3.8, 4) is 0 Å². The van der Waals surface area contributed by atoms with E-state index < -0.39 is 36.9 Å². The lowest BCUT2D eigenvalue weighted by Gasteiger charge is -2.25. The van der Waals surface area contributed by atoms with Crippen molar-refractivity contribution in [3.05, 3.63) is 11.6 Å². The Morgan fingerprint density at radius 2 is 2.08 bits per heavy atom. The lowest BCUT2D eigenvalue weighted by Crippen LogP contribution is -2.28. The van der Waals surface area contributed by atoms with Gasteiger partial charge in [-0.25, -0.2) is 4.39 Å². The third-order valence-corrected chi connectivity index (χ3v) is 2.18. The van der Waals surface area contributed by atoms with E-state index in [0.717, 1.165) is 6.08 Å². The van der Waals surface area contributed by atoms with Crippen LogP contribution >= 0.6 is 0 Å². The van der Waals surface area contributed by atoms with Gasteiger partial charge in [-0.15, -0.1) is 0 Å². The first-order valence-corrected chi connectivity index (χ1v) is 3.96. The maximum Gasteiger partial charge on any atom is 0.412 e. The fraction of sp³-hybridized carbons (Fsp3) is 0.750. The van der Waals surface area contributed by atoms with Crippen molar-refractivity contribution in [2.24, 2.45) is 5.92 Å². The van der Waals surface area contributed by atoms with Gasteiger partial charge in [0.2, 0.25) is 0 Å². The maximum absolute atomic E-state index is 12.8. The van der Waals surface area contributed by atoms with E-state index >= 15 is 0 Å². The summed E-state index contributed by atoms with van der Waals surface area (Å²) in [6.45, 7) is -0.533. The second-order valence-corrected chi connectivity index (χ2v) is 3.13. The molecule has 2 atom stereocenters. The smallest absolute Gasteiger partial charge is 0.396 e. The molecule has 0 radical (unpaired) electrons. The molecule has 1 nitrogen and oxygen atoms in total. The summed E-state index contributed by atoms with van der Waals surface area (Å²) in [5, 5.41) is 8.61. The molecule has 1 rings (SSSR count). The Labute approximate surface area is 73.1 Å². The first kappa shape index (κ1) is 10.5. The van der Waals surface area contributed by atoms with Gasteiger partial charge in [0.1, 0.15) is 6.17 Å². The highest BCUT2D eigenvalue weighted by molar-refractivity contribution is 5.14. The zero-order chi connectivity index (χ0) is 10.1. The van der Waals surface area contributed by atoms with Crippen LogP contribution in [0.4, 0.5) is 17.6 Å². The van der Waals surface area contributed by atoms with Gasteiger partial charge in [0.25, 0.3) is 0 Å². The second kappa shape index (κ2) is 3.65. The van der Waals surface area contributed by atoms with E-state index in [-0.39, 0.29) is 6.42 Å². The average molecular weight is 198 g/mol. The molecule has 0 aromatic heterocycles. The Morgan fingerprint density at radius 1 is 1.46 bits per heavy atom. The third kappa shape index (κ3) is 2.43. The number of aliphatic hydroxyl groups is 1. The van der Waals surface area contributed by atoms with Gasteiger partial charge in [-0.2, -0.15) is 13.2 Å². The van der Waals surface area contributed by atoms with Crippen LogP contribution in [-0.2, 0) is 0 Å². The minimum atomic E-state index is -4.38. The van der Waals surface area contributed by atoms with Crippen LogP contribution < -0.4 is 0 Å². The zero-order valence-corrected chi connectivity index (χ0v) is 6.81. The molecule has 0 bridgehead atoms. The molecule has 13 heavy (non-hydrogen) atoms. The summed E-state index contributed by atoms with van der Waals surface area (Å²) in [5.74, 6) is -0.901. The van der Waals surface area contributed by atoms with Gasteiger partial charge in [0.15, 0.2) is 0 Å². The van der Waals surface area contributed by atoms with Gasteiger partial charge in [-0.3, -0.25) is 0 Å². The van der Waals surface area contributed by atoms with Crippen molar-refractivity contribution in [2.45, 2.75) is 25.2 Å². The quantitative estimate of drug-likeness (QED) is 0.506. The molecule has 0 aromatic carbocycles. The van der Waals surface area contributed by atoms with Crippen LogP contribution in [0, 0.1) is 5.92 Å². The number of alkyl halides is 4. The van der Waals surface area contributed by atoms with Crippen LogP contribution in [0.1, 0.15) is 12.8 Å². The molecule has 0 spiro atoms. The molecular weight excluding hydrogens is 188 g/mol. The van der Waals surface area contributed by atoms with E-state index in [1.54, 1.807) is 0 Å². The number of hydrogen-bond donors (Lipinski definition) is 1. The Morgan fingerprint density at radius 3 is 2.54 bits per heavy atom. The summed E-state index contributed by atoms with van der Waals surface area (Å²) < 4.78 is 49.2. The van der Waals surface area contributed by atoms with E-state index in [1.807, 2.05) is 0 Å². The van der Waals surface area contributed by atoms with Crippen LogP contribution in [0.15, 0.2) is 11.6 Å². The summed E-state index contributed by atoms with van der Waals surface area (Å²) in [5.41, 5.74) is -0.722. The highest BCUT2D eigenvalue weighted by atomic mass is 19.4. The molecule has 5 heteroatoms. The van der Waals surface area contributed by atoms with Gasteiger partial charge in [-0.1, -0.05) is 6.08 Å². The molecule has 1 N–H and O–H groups in total. The van der Waals surface area contributed by atoms with Crippen molar-refractivity contribution in [1.29, 1.82) is 0 Å². The Hall–Kier alpha value is -0.580. The monoisotopic (exact) mass is 198 g/mol. The normalized spacial score (nSPS) is 30.1. The van der Waals surface area contributed by atoms with Crippen molar-refractivity contribution < 1.29 is 22.7 Å². The van der Waals surface area contributed by atoms with Crippen LogP contribution in [0.2, 0.25) is 0 Å². The number of allylic oxidation sites excluding steroid dienone is 2. The van der Waals surface area contributed by atoms with Gasteiger partial charge >= 0.3 is 6.18 Å². The molecule has 0 saturated carbocycles. The molecule has 1 aliphatic rings. The molecule has 2 unspecified atom stereocenters. The first-order chi connectivity index (χ1) is 5.95. The summed E-state index contributed by atoms with van der Waals surface area (Å²) in [7, 11) is 0. The van der Waals surface area contributed by atoms with Gasteiger partial charge < -0.3 is 5.11 Å². The predicted octanol–water partition coefficient (Wildman–Crippen LogP) is 2.22.